The van der Waals surface area contributed by atoms with Crippen LogP contribution in [0.5, 0.6) is 0 Å². The zero-order valence-electron chi connectivity index (χ0n) is 39.0. The summed E-state index contributed by atoms with van der Waals surface area (Å²) in [5, 5.41) is 10.7. The highest BCUT2D eigenvalue weighted by Crippen LogP contribution is 2.47. The Morgan fingerprint density at radius 1 is 0.278 bits per heavy atom. The van der Waals surface area contributed by atoms with Gasteiger partial charge in [-0.15, -0.1) is 0 Å². The van der Waals surface area contributed by atoms with Gasteiger partial charge in [-0.05, 0) is 116 Å². The number of benzene rings is 11. The zero-order valence-corrected chi connectivity index (χ0v) is 39.0. The Kier molecular flexibility index (Phi) is 8.92. The molecule has 0 unspecified atom stereocenters. The monoisotopic (exact) mass is 918 g/mol. The average molecular weight is 919 g/mol. The predicted molar refractivity (Wildman–Crippen MR) is 301 cm³/mol. The van der Waals surface area contributed by atoms with Gasteiger partial charge < -0.3 is 18.1 Å². The molecule has 0 fully saturated rings. The van der Waals surface area contributed by atoms with Crippen LogP contribution in [0.25, 0.3) is 126 Å². The van der Waals surface area contributed by atoms with Crippen molar-refractivity contribution < 1.29 is 8.83 Å². The van der Waals surface area contributed by atoms with Gasteiger partial charge in [-0.25, -0.2) is 0 Å². The molecule has 4 heteroatoms. The van der Waals surface area contributed by atoms with Crippen LogP contribution in [0, 0.1) is 0 Å². The fourth-order valence-corrected chi connectivity index (χ4v) is 11.5. The Bertz CT molecular complexity index is 4520. The number of hydrogen-bond donors (Lipinski definition) is 0. The summed E-state index contributed by atoms with van der Waals surface area (Å²) in [7, 11) is 0. The third-order valence-corrected chi connectivity index (χ3v) is 14.7. The number of pyridine rings is 1. The molecule has 0 saturated carbocycles. The number of para-hydroxylation sites is 2. The molecule has 4 aromatic heterocycles. The minimum absolute atomic E-state index is 0.843. The smallest absolute Gasteiger partial charge is 0.137 e. The Balaban J connectivity index is 0.831. The first-order valence-corrected chi connectivity index (χ1v) is 24.6. The second-order valence-electron chi connectivity index (χ2n) is 18.8. The molecule has 0 aliphatic rings. The van der Waals surface area contributed by atoms with E-state index in [-0.39, 0.29) is 0 Å². The summed E-state index contributed by atoms with van der Waals surface area (Å²) in [4.78, 5) is 2.30. The summed E-state index contributed by atoms with van der Waals surface area (Å²) in [5.74, 6) is 0. The van der Waals surface area contributed by atoms with Crippen LogP contribution in [0.15, 0.2) is 264 Å². The van der Waals surface area contributed by atoms with E-state index in [1.54, 1.807) is 0 Å². The molecule has 0 saturated heterocycles. The van der Waals surface area contributed by atoms with Crippen LogP contribution in [-0.4, -0.2) is 4.40 Å². The van der Waals surface area contributed by atoms with Crippen molar-refractivity contribution in [2.75, 3.05) is 4.90 Å². The first kappa shape index (κ1) is 40.3. The second-order valence-corrected chi connectivity index (χ2v) is 18.8. The molecule has 0 bridgehead atoms. The van der Waals surface area contributed by atoms with E-state index >= 15 is 0 Å². The fraction of sp³-hybridized carbons (Fsp3) is 0. The minimum Gasteiger partial charge on any atom is -0.456 e. The molecule has 0 radical (unpaired) electrons. The number of nitrogens with zero attached hydrogens (tertiary/aromatic N) is 2. The van der Waals surface area contributed by atoms with Crippen LogP contribution in [0.2, 0.25) is 0 Å². The standard InChI is InChI=1S/C68H42N2O2/c1-2-15-45(16-3-1)66-61-28-14-27-60(70(61)68-59-26-7-5-22-53(59)52-21-4-6-25-58(52)67(66)68)44-33-31-43(32-34-44)46-17-12-18-47(39-46)48-19-13-20-49(40-48)69(50-35-37-56-54-23-8-10-29-62(54)71-64(56)41-50)51-36-38-57-55-24-9-11-30-63(55)72-65(57)42-51/h1-42H. The zero-order chi connectivity index (χ0) is 47.3. The molecule has 4 heterocycles. The van der Waals surface area contributed by atoms with Gasteiger partial charge in [0.2, 0.25) is 0 Å². The highest BCUT2D eigenvalue weighted by Gasteiger charge is 2.23. The van der Waals surface area contributed by atoms with Gasteiger partial charge in [0.15, 0.2) is 0 Å². The Labute approximate surface area is 414 Å². The van der Waals surface area contributed by atoms with Gasteiger partial charge >= 0.3 is 0 Å². The van der Waals surface area contributed by atoms with Crippen molar-refractivity contribution in [2.45, 2.75) is 0 Å². The third-order valence-electron chi connectivity index (χ3n) is 14.7. The average Bonchev–Trinajstić information content (AvgIpc) is 4.13. The Morgan fingerprint density at radius 2 is 0.750 bits per heavy atom. The first-order chi connectivity index (χ1) is 35.7. The van der Waals surface area contributed by atoms with Gasteiger partial charge in [-0.1, -0.05) is 176 Å². The third kappa shape index (κ3) is 6.26. The lowest BCUT2D eigenvalue weighted by Gasteiger charge is -2.26. The van der Waals surface area contributed by atoms with E-state index in [1.165, 1.54) is 49.1 Å². The number of aromatic nitrogens is 1. The molecule has 15 aromatic rings. The van der Waals surface area contributed by atoms with E-state index < -0.39 is 0 Å². The van der Waals surface area contributed by atoms with Crippen LogP contribution in [0.1, 0.15) is 0 Å². The lowest BCUT2D eigenvalue weighted by Crippen LogP contribution is -2.09. The molecule has 15 rings (SSSR count). The van der Waals surface area contributed by atoms with Gasteiger partial charge in [-0.2, -0.15) is 0 Å². The molecule has 0 N–H and O–H groups in total. The lowest BCUT2D eigenvalue weighted by molar-refractivity contribution is 0.669. The van der Waals surface area contributed by atoms with E-state index in [1.807, 2.05) is 24.3 Å². The minimum atomic E-state index is 0.843. The van der Waals surface area contributed by atoms with E-state index in [0.29, 0.717) is 0 Å². The Hall–Kier alpha value is -9.64. The summed E-state index contributed by atoms with van der Waals surface area (Å²) in [6.45, 7) is 0. The van der Waals surface area contributed by atoms with Crippen molar-refractivity contribution in [2.24, 2.45) is 0 Å². The van der Waals surface area contributed by atoms with Gasteiger partial charge in [0.1, 0.15) is 22.3 Å². The van der Waals surface area contributed by atoms with Crippen LogP contribution in [0.3, 0.4) is 0 Å². The maximum absolute atomic E-state index is 6.44. The molecule has 0 spiro atoms. The highest BCUT2D eigenvalue weighted by atomic mass is 16.3. The molecular formula is C68H42N2O2. The van der Waals surface area contributed by atoms with Crippen molar-refractivity contribution in [3.63, 3.8) is 0 Å². The largest absolute Gasteiger partial charge is 0.456 e. The van der Waals surface area contributed by atoms with Crippen LogP contribution in [0.4, 0.5) is 17.1 Å². The molecule has 0 aliphatic carbocycles. The normalized spacial score (nSPS) is 11.9. The van der Waals surface area contributed by atoms with Crippen molar-refractivity contribution in [3.8, 4) is 44.6 Å². The Morgan fingerprint density at radius 3 is 1.42 bits per heavy atom. The van der Waals surface area contributed by atoms with Crippen molar-refractivity contribution in [1.82, 2.24) is 4.40 Å². The number of furan rings is 2. The highest BCUT2D eigenvalue weighted by molar-refractivity contribution is 6.30. The SMILES string of the molecule is c1ccc(-c2c3c4ccccc4c4ccccc4c3n3c(-c4ccc(-c5cccc(-c6cccc(N(c7ccc8c(c7)oc7ccccc78)c7ccc8c(c7)oc7ccccc78)c6)c5)cc4)cccc23)cc1. The lowest BCUT2D eigenvalue weighted by atomic mass is 9.94. The molecule has 0 amide bonds. The number of fused-ring (bicyclic) bond motifs is 14. The number of rotatable bonds is 7. The van der Waals surface area contributed by atoms with Crippen LogP contribution < -0.4 is 4.90 Å². The van der Waals surface area contributed by atoms with Gasteiger partial charge in [0.05, 0.1) is 16.7 Å². The molecule has 336 valence electrons. The predicted octanol–water partition coefficient (Wildman–Crippen LogP) is 19.3. The van der Waals surface area contributed by atoms with E-state index in [9.17, 15) is 0 Å². The van der Waals surface area contributed by atoms with Crippen molar-refractivity contribution in [3.05, 3.63) is 255 Å². The topological polar surface area (TPSA) is 33.9 Å². The molecular weight excluding hydrogens is 877 g/mol. The van der Waals surface area contributed by atoms with E-state index in [2.05, 4.69) is 240 Å². The quantitative estimate of drug-likeness (QED) is 0.149. The maximum atomic E-state index is 6.44. The summed E-state index contributed by atoms with van der Waals surface area (Å²) < 4.78 is 15.4. The molecule has 0 aliphatic heterocycles. The second kappa shape index (κ2) is 16.0. The van der Waals surface area contributed by atoms with E-state index in [0.717, 1.165) is 94.5 Å². The molecule has 72 heavy (non-hydrogen) atoms. The fourth-order valence-electron chi connectivity index (χ4n) is 11.5. The van der Waals surface area contributed by atoms with Crippen molar-refractivity contribution >= 4 is 98.9 Å². The van der Waals surface area contributed by atoms with Crippen LogP contribution >= 0.6 is 0 Å². The summed E-state index contributed by atoms with van der Waals surface area (Å²) in [6, 6.07) is 91.7. The molecule has 4 nitrogen and oxygen atoms in total. The molecule has 11 aromatic carbocycles. The summed E-state index contributed by atoms with van der Waals surface area (Å²) >= 11 is 0. The van der Waals surface area contributed by atoms with Gasteiger partial charge in [0, 0.05) is 67.1 Å². The van der Waals surface area contributed by atoms with Gasteiger partial charge in [0.25, 0.3) is 0 Å². The molecule has 0 atom stereocenters. The first-order valence-electron chi connectivity index (χ1n) is 24.6. The summed E-state index contributed by atoms with van der Waals surface area (Å²) in [5.41, 5.74) is 18.2. The number of hydrogen-bond acceptors (Lipinski definition) is 3. The van der Waals surface area contributed by atoms with Gasteiger partial charge in [-0.3, -0.25) is 0 Å². The maximum Gasteiger partial charge on any atom is 0.137 e. The number of anilines is 3. The summed E-state index contributed by atoms with van der Waals surface area (Å²) in [6.07, 6.45) is 0. The van der Waals surface area contributed by atoms with Crippen molar-refractivity contribution in [1.29, 1.82) is 0 Å². The van der Waals surface area contributed by atoms with E-state index in [4.69, 9.17) is 8.83 Å². The van der Waals surface area contributed by atoms with Crippen LogP contribution in [-0.2, 0) is 0 Å².